The smallest absolute Gasteiger partial charge is 0.135 e. The molecular weight excluding hydrogens is 261 g/mol. The van der Waals surface area contributed by atoms with E-state index < -0.39 is 29.1 Å². The minimum Gasteiger partial charge on any atom is -0.383 e. The predicted octanol–water partition coefficient (Wildman–Crippen LogP) is 3.86. The summed E-state index contributed by atoms with van der Waals surface area (Å²) in [6, 6.07) is 2.96. The Bertz CT molecular complexity index is 569. The van der Waals surface area contributed by atoms with Gasteiger partial charge in [-0.2, -0.15) is 0 Å². The highest BCUT2D eigenvalue weighted by Gasteiger charge is 2.23. The standard InChI is InChI=1S/C13H11F3OS/c1-6-3-7(2)18-13(6)12(17)11-9(15)4-8(14)5-10(11)16/h3-5,12,17H,1-2H3. The Hall–Kier alpha value is -1.33. The lowest BCUT2D eigenvalue weighted by atomic mass is 10.0. The molecule has 0 fully saturated rings. The lowest BCUT2D eigenvalue weighted by Crippen LogP contribution is -2.06. The van der Waals surface area contributed by atoms with Crippen molar-refractivity contribution in [3.63, 3.8) is 0 Å². The van der Waals surface area contributed by atoms with E-state index in [0.29, 0.717) is 17.0 Å². The van der Waals surface area contributed by atoms with Crippen LogP contribution in [-0.4, -0.2) is 5.11 Å². The average Bonchev–Trinajstić information content (AvgIpc) is 2.56. The second kappa shape index (κ2) is 4.74. The zero-order chi connectivity index (χ0) is 13.4. The minimum atomic E-state index is -1.41. The molecule has 0 amide bonds. The molecule has 0 bridgehead atoms. The number of hydrogen-bond acceptors (Lipinski definition) is 2. The summed E-state index contributed by atoms with van der Waals surface area (Å²) in [5.74, 6) is -3.16. The first-order valence-electron chi connectivity index (χ1n) is 5.29. The highest BCUT2D eigenvalue weighted by molar-refractivity contribution is 7.12. The van der Waals surface area contributed by atoms with Crippen LogP contribution in [0.25, 0.3) is 0 Å². The van der Waals surface area contributed by atoms with Crippen LogP contribution in [0.3, 0.4) is 0 Å². The number of benzene rings is 1. The molecule has 1 atom stereocenters. The molecule has 1 aromatic heterocycles. The normalized spacial score (nSPS) is 12.8. The van der Waals surface area contributed by atoms with Crippen LogP contribution < -0.4 is 0 Å². The average molecular weight is 272 g/mol. The molecule has 18 heavy (non-hydrogen) atoms. The first-order chi connectivity index (χ1) is 8.40. The topological polar surface area (TPSA) is 20.2 Å². The van der Waals surface area contributed by atoms with Gasteiger partial charge < -0.3 is 5.11 Å². The Morgan fingerprint density at radius 3 is 2.06 bits per heavy atom. The molecule has 2 rings (SSSR count). The molecule has 5 heteroatoms. The largest absolute Gasteiger partial charge is 0.383 e. The van der Waals surface area contributed by atoms with E-state index in [4.69, 9.17) is 0 Å². The summed E-state index contributed by atoms with van der Waals surface area (Å²) in [6.07, 6.45) is -1.41. The molecule has 1 aromatic carbocycles. The van der Waals surface area contributed by atoms with Crippen molar-refractivity contribution < 1.29 is 18.3 Å². The molecule has 0 aliphatic carbocycles. The fourth-order valence-corrected chi connectivity index (χ4v) is 2.91. The van der Waals surface area contributed by atoms with Gasteiger partial charge in [0.15, 0.2) is 0 Å². The molecule has 96 valence electrons. The SMILES string of the molecule is Cc1cc(C)c(C(O)c2c(F)cc(F)cc2F)s1. The van der Waals surface area contributed by atoms with Crippen molar-refractivity contribution in [1.29, 1.82) is 0 Å². The van der Waals surface area contributed by atoms with E-state index in [1.165, 1.54) is 11.3 Å². The van der Waals surface area contributed by atoms with E-state index in [1.807, 2.05) is 13.0 Å². The van der Waals surface area contributed by atoms with Crippen molar-refractivity contribution >= 4 is 11.3 Å². The second-order valence-corrected chi connectivity index (χ2v) is 5.38. The van der Waals surface area contributed by atoms with Gasteiger partial charge in [0, 0.05) is 21.9 Å². The Morgan fingerprint density at radius 1 is 1.06 bits per heavy atom. The number of thiophene rings is 1. The summed E-state index contributed by atoms with van der Waals surface area (Å²) >= 11 is 1.26. The van der Waals surface area contributed by atoms with Crippen molar-refractivity contribution in [3.05, 3.63) is 56.5 Å². The van der Waals surface area contributed by atoms with Crippen LogP contribution in [0.1, 0.15) is 27.0 Å². The molecule has 0 spiro atoms. The molecule has 0 aliphatic heterocycles. The van der Waals surface area contributed by atoms with Gasteiger partial charge in [-0.3, -0.25) is 0 Å². The molecule has 0 aliphatic rings. The van der Waals surface area contributed by atoms with Gasteiger partial charge in [0.05, 0.1) is 5.56 Å². The second-order valence-electron chi connectivity index (χ2n) is 4.09. The lowest BCUT2D eigenvalue weighted by Gasteiger charge is -2.12. The predicted molar refractivity (Wildman–Crippen MR) is 64.2 cm³/mol. The fourth-order valence-electron chi connectivity index (χ4n) is 1.88. The maximum absolute atomic E-state index is 13.6. The Kier molecular flexibility index (Phi) is 3.45. The van der Waals surface area contributed by atoms with Crippen molar-refractivity contribution in [2.24, 2.45) is 0 Å². The van der Waals surface area contributed by atoms with Gasteiger partial charge in [0.2, 0.25) is 0 Å². The number of aliphatic hydroxyl groups is 1. The van der Waals surface area contributed by atoms with Crippen LogP contribution in [0.15, 0.2) is 18.2 Å². The van der Waals surface area contributed by atoms with Crippen molar-refractivity contribution in [2.45, 2.75) is 20.0 Å². The molecule has 1 N–H and O–H groups in total. The van der Waals surface area contributed by atoms with Gasteiger partial charge >= 0.3 is 0 Å². The fraction of sp³-hybridized carbons (Fsp3) is 0.231. The minimum absolute atomic E-state index is 0.469. The molecule has 2 aromatic rings. The van der Waals surface area contributed by atoms with E-state index in [9.17, 15) is 18.3 Å². The van der Waals surface area contributed by atoms with Crippen LogP contribution in [0, 0.1) is 31.3 Å². The van der Waals surface area contributed by atoms with Gasteiger partial charge in [-0.1, -0.05) is 0 Å². The summed E-state index contributed by atoms with van der Waals surface area (Å²) in [4.78, 5) is 1.40. The van der Waals surface area contributed by atoms with Gasteiger partial charge in [0.25, 0.3) is 0 Å². The lowest BCUT2D eigenvalue weighted by molar-refractivity contribution is 0.211. The van der Waals surface area contributed by atoms with E-state index in [0.717, 1.165) is 10.4 Å². The van der Waals surface area contributed by atoms with Gasteiger partial charge in [-0.15, -0.1) is 11.3 Å². The van der Waals surface area contributed by atoms with Crippen LogP contribution in [0.5, 0.6) is 0 Å². The van der Waals surface area contributed by atoms with Crippen LogP contribution in [0.2, 0.25) is 0 Å². The number of halogens is 3. The number of hydrogen-bond donors (Lipinski definition) is 1. The summed E-state index contributed by atoms with van der Waals surface area (Å²) < 4.78 is 39.9. The van der Waals surface area contributed by atoms with E-state index in [1.54, 1.807) is 6.92 Å². The summed E-state index contributed by atoms with van der Waals surface area (Å²) in [5, 5.41) is 10.0. The first-order valence-corrected chi connectivity index (χ1v) is 6.11. The monoisotopic (exact) mass is 272 g/mol. The molecule has 0 radical (unpaired) electrons. The Balaban J connectivity index is 2.52. The highest BCUT2D eigenvalue weighted by atomic mass is 32.1. The maximum Gasteiger partial charge on any atom is 0.135 e. The zero-order valence-electron chi connectivity index (χ0n) is 9.80. The number of aryl methyl sites for hydroxylation is 2. The first kappa shape index (κ1) is 13.1. The molecule has 0 saturated heterocycles. The highest BCUT2D eigenvalue weighted by Crippen LogP contribution is 2.34. The van der Waals surface area contributed by atoms with Crippen molar-refractivity contribution in [1.82, 2.24) is 0 Å². The Labute approximate surface area is 107 Å². The third-order valence-corrected chi connectivity index (χ3v) is 3.85. The van der Waals surface area contributed by atoms with Gasteiger partial charge in [-0.25, -0.2) is 13.2 Å². The van der Waals surface area contributed by atoms with E-state index in [-0.39, 0.29) is 0 Å². The van der Waals surface area contributed by atoms with Gasteiger partial charge in [0.1, 0.15) is 23.6 Å². The summed E-state index contributed by atoms with van der Waals surface area (Å²) in [6.45, 7) is 3.59. The third kappa shape index (κ3) is 2.28. The van der Waals surface area contributed by atoms with E-state index in [2.05, 4.69) is 0 Å². The van der Waals surface area contributed by atoms with E-state index >= 15 is 0 Å². The number of aliphatic hydroxyl groups excluding tert-OH is 1. The van der Waals surface area contributed by atoms with Crippen LogP contribution >= 0.6 is 11.3 Å². The number of rotatable bonds is 2. The molecule has 1 unspecified atom stereocenters. The molecule has 1 nitrogen and oxygen atoms in total. The Morgan fingerprint density at radius 2 is 1.61 bits per heavy atom. The molecule has 1 heterocycles. The third-order valence-electron chi connectivity index (χ3n) is 2.64. The van der Waals surface area contributed by atoms with Crippen LogP contribution in [-0.2, 0) is 0 Å². The van der Waals surface area contributed by atoms with Crippen molar-refractivity contribution in [3.8, 4) is 0 Å². The van der Waals surface area contributed by atoms with Crippen LogP contribution in [0.4, 0.5) is 13.2 Å². The molecular formula is C13H11F3OS. The summed E-state index contributed by atoms with van der Waals surface area (Å²) in [5.41, 5.74) is 0.245. The summed E-state index contributed by atoms with van der Waals surface area (Å²) in [7, 11) is 0. The van der Waals surface area contributed by atoms with Crippen molar-refractivity contribution in [2.75, 3.05) is 0 Å². The van der Waals surface area contributed by atoms with Gasteiger partial charge in [-0.05, 0) is 25.5 Å². The zero-order valence-corrected chi connectivity index (χ0v) is 10.6. The molecule has 0 saturated carbocycles. The maximum atomic E-state index is 13.6. The quantitative estimate of drug-likeness (QED) is 0.880.